The highest BCUT2D eigenvalue weighted by molar-refractivity contribution is 5.82. The predicted octanol–water partition coefficient (Wildman–Crippen LogP) is -0.153. The number of imidazole rings is 1. The second kappa shape index (κ2) is 4.74. The number of aliphatic hydroxyl groups excluding tert-OH is 1. The molecule has 1 aliphatic heterocycles. The van der Waals surface area contributed by atoms with Crippen molar-refractivity contribution in [3.05, 3.63) is 12.2 Å². The highest BCUT2D eigenvalue weighted by atomic mass is 16.5. The lowest BCUT2D eigenvalue weighted by molar-refractivity contribution is -0.0680. The van der Waals surface area contributed by atoms with Gasteiger partial charge in [0.15, 0.2) is 11.5 Å². The van der Waals surface area contributed by atoms with Crippen LogP contribution in [0.15, 0.2) is 6.33 Å². The van der Waals surface area contributed by atoms with E-state index in [1.807, 2.05) is 0 Å². The molecule has 7 nitrogen and oxygen atoms in total. The third-order valence-corrected chi connectivity index (χ3v) is 3.54. The van der Waals surface area contributed by atoms with Gasteiger partial charge in [0, 0.05) is 6.42 Å². The van der Waals surface area contributed by atoms with Crippen molar-refractivity contribution >= 4 is 17.0 Å². The molecule has 2 aromatic rings. The molecule has 3 heterocycles. The molecular weight excluding hydrogens is 270 g/mol. The monoisotopic (exact) mass is 283 g/mol. The Balaban J connectivity index is 2.19. The Labute approximate surface area is 121 Å². The van der Waals surface area contributed by atoms with E-state index in [1.165, 1.54) is 6.33 Å². The molecule has 2 unspecified atom stereocenters. The molecular formula is C14H13N5O2. The van der Waals surface area contributed by atoms with E-state index in [4.69, 9.17) is 23.3 Å². The number of aliphatic hydroxyl groups is 1. The zero-order valence-corrected chi connectivity index (χ0v) is 11.2. The summed E-state index contributed by atoms with van der Waals surface area (Å²) in [5.41, 5.74) is 5.62. The standard InChI is InChI=1S/C14H13N5O2/c1-3-10-17-12(15)11-13(18-10)19(8-16-11)14(4-2)6-5-9(7-20)21-14/h1-2,8-9,20H,5-7H2,(H2,15,17,18). The average molecular weight is 283 g/mol. The van der Waals surface area contributed by atoms with Crippen molar-refractivity contribution in [1.82, 2.24) is 19.5 Å². The zero-order valence-electron chi connectivity index (χ0n) is 11.2. The van der Waals surface area contributed by atoms with Gasteiger partial charge in [-0.2, -0.15) is 0 Å². The first-order valence-corrected chi connectivity index (χ1v) is 6.37. The zero-order chi connectivity index (χ0) is 15.0. The third-order valence-electron chi connectivity index (χ3n) is 3.54. The summed E-state index contributed by atoms with van der Waals surface area (Å²) in [5.74, 6) is 5.32. The number of fused-ring (bicyclic) bond motifs is 1. The molecule has 2 atom stereocenters. The lowest BCUT2D eigenvalue weighted by Gasteiger charge is -2.25. The van der Waals surface area contributed by atoms with Crippen LogP contribution in [0.4, 0.5) is 5.82 Å². The minimum Gasteiger partial charge on any atom is -0.394 e. The van der Waals surface area contributed by atoms with Gasteiger partial charge in [-0.3, -0.25) is 4.57 Å². The number of nitrogens with zero attached hydrogens (tertiary/aromatic N) is 4. The van der Waals surface area contributed by atoms with Crippen LogP contribution in [0, 0.1) is 24.7 Å². The Morgan fingerprint density at radius 2 is 2.33 bits per heavy atom. The van der Waals surface area contributed by atoms with Crippen LogP contribution >= 0.6 is 0 Å². The largest absolute Gasteiger partial charge is 0.394 e. The number of nitrogen functional groups attached to an aromatic ring is 1. The number of terminal acetylenes is 2. The van der Waals surface area contributed by atoms with Gasteiger partial charge in [-0.05, 0) is 18.3 Å². The van der Waals surface area contributed by atoms with E-state index >= 15 is 0 Å². The SMILES string of the molecule is C#Cc1nc(N)c2ncn(C3(C#C)CCC(CO)O3)c2n1. The van der Waals surface area contributed by atoms with Crippen molar-refractivity contribution in [1.29, 1.82) is 0 Å². The summed E-state index contributed by atoms with van der Waals surface area (Å²) in [6.45, 7) is -0.0945. The molecule has 0 amide bonds. The van der Waals surface area contributed by atoms with E-state index in [1.54, 1.807) is 4.57 Å². The van der Waals surface area contributed by atoms with Gasteiger partial charge in [0.05, 0.1) is 12.7 Å². The Bertz CT molecular complexity index is 785. The van der Waals surface area contributed by atoms with Crippen LogP contribution in [0.25, 0.3) is 11.2 Å². The fourth-order valence-electron chi connectivity index (χ4n) is 2.48. The van der Waals surface area contributed by atoms with Gasteiger partial charge in [0.25, 0.3) is 0 Å². The van der Waals surface area contributed by atoms with E-state index in [2.05, 4.69) is 26.8 Å². The number of rotatable bonds is 2. The number of hydrogen-bond acceptors (Lipinski definition) is 6. The van der Waals surface area contributed by atoms with Crippen LogP contribution in [0.1, 0.15) is 18.7 Å². The van der Waals surface area contributed by atoms with E-state index < -0.39 is 5.72 Å². The molecule has 7 heteroatoms. The van der Waals surface area contributed by atoms with Crippen LogP contribution in [0.5, 0.6) is 0 Å². The summed E-state index contributed by atoms with van der Waals surface area (Å²) in [5, 5.41) is 9.24. The van der Waals surface area contributed by atoms with E-state index in [-0.39, 0.29) is 24.4 Å². The van der Waals surface area contributed by atoms with Crippen molar-refractivity contribution in [2.75, 3.05) is 12.3 Å². The molecule has 2 aromatic heterocycles. The molecule has 0 aromatic carbocycles. The van der Waals surface area contributed by atoms with Crippen molar-refractivity contribution in [3.8, 4) is 24.7 Å². The number of hydrogen-bond donors (Lipinski definition) is 2. The molecule has 0 spiro atoms. The van der Waals surface area contributed by atoms with E-state index in [0.717, 1.165) is 0 Å². The van der Waals surface area contributed by atoms with Crippen LogP contribution < -0.4 is 5.73 Å². The normalized spacial score (nSPS) is 24.8. The molecule has 0 saturated carbocycles. The van der Waals surface area contributed by atoms with Gasteiger partial charge >= 0.3 is 0 Å². The second-order valence-corrected chi connectivity index (χ2v) is 4.75. The molecule has 1 saturated heterocycles. The maximum Gasteiger partial charge on any atom is 0.211 e. The first-order valence-electron chi connectivity index (χ1n) is 6.37. The van der Waals surface area contributed by atoms with Crippen molar-refractivity contribution in [3.63, 3.8) is 0 Å². The van der Waals surface area contributed by atoms with Crippen LogP contribution in [0.2, 0.25) is 0 Å². The highest BCUT2D eigenvalue weighted by Crippen LogP contribution is 2.36. The Morgan fingerprint density at radius 3 is 2.95 bits per heavy atom. The molecule has 1 fully saturated rings. The quantitative estimate of drug-likeness (QED) is 0.743. The number of aromatic nitrogens is 4. The van der Waals surface area contributed by atoms with Gasteiger partial charge in [-0.25, -0.2) is 15.0 Å². The Kier molecular flexibility index (Phi) is 3.02. The summed E-state index contributed by atoms with van der Waals surface area (Å²) < 4.78 is 7.42. The van der Waals surface area contributed by atoms with Gasteiger partial charge < -0.3 is 15.6 Å². The maximum absolute atomic E-state index is 9.24. The van der Waals surface area contributed by atoms with Crippen LogP contribution in [-0.2, 0) is 10.5 Å². The topological polar surface area (TPSA) is 99.1 Å². The summed E-state index contributed by atoms with van der Waals surface area (Å²) >= 11 is 0. The molecule has 0 bridgehead atoms. The third kappa shape index (κ3) is 1.91. The molecule has 106 valence electrons. The second-order valence-electron chi connectivity index (χ2n) is 4.75. The molecule has 0 aliphatic carbocycles. The van der Waals surface area contributed by atoms with Gasteiger partial charge in [0.1, 0.15) is 11.8 Å². The van der Waals surface area contributed by atoms with E-state index in [9.17, 15) is 5.11 Å². The molecule has 3 rings (SSSR count). The first-order chi connectivity index (χ1) is 10.1. The molecule has 3 N–H and O–H groups in total. The summed E-state index contributed by atoms with van der Waals surface area (Å²) in [6.07, 6.45) is 13.4. The average Bonchev–Trinajstić information content (AvgIpc) is 3.11. The van der Waals surface area contributed by atoms with Crippen LogP contribution in [-0.4, -0.2) is 37.3 Å². The lowest BCUT2D eigenvalue weighted by Crippen LogP contribution is -2.32. The van der Waals surface area contributed by atoms with E-state index in [0.29, 0.717) is 24.0 Å². The number of ether oxygens (including phenoxy) is 1. The minimum atomic E-state index is -1.05. The minimum absolute atomic E-state index is 0.0945. The summed E-state index contributed by atoms with van der Waals surface area (Å²) in [6, 6.07) is 0. The maximum atomic E-state index is 9.24. The Hall–Kier alpha value is -2.61. The summed E-state index contributed by atoms with van der Waals surface area (Å²) in [7, 11) is 0. The fraction of sp³-hybridized carbons (Fsp3) is 0.357. The number of nitrogens with two attached hydrogens (primary N) is 1. The van der Waals surface area contributed by atoms with Crippen molar-refractivity contribution in [2.24, 2.45) is 0 Å². The lowest BCUT2D eigenvalue weighted by atomic mass is 10.1. The number of anilines is 1. The predicted molar refractivity (Wildman–Crippen MR) is 75.7 cm³/mol. The Morgan fingerprint density at radius 1 is 1.52 bits per heavy atom. The van der Waals surface area contributed by atoms with Gasteiger partial charge in [-0.1, -0.05) is 0 Å². The molecule has 0 radical (unpaired) electrons. The molecule has 21 heavy (non-hydrogen) atoms. The summed E-state index contributed by atoms with van der Waals surface area (Å²) in [4.78, 5) is 12.4. The van der Waals surface area contributed by atoms with Gasteiger partial charge in [0.2, 0.25) is 11.5 Å². The van der Waals surface area contributed by atoms with Gasteiger partial charge in [-0.15, -0.1) is 12.8 Å². The first kappa shape index (κ1) is 13.4. The smallest absolute Gasteiger partial charge is 0.211 e. The van der Waals surface area contributed by atoms with Crippen molar-refractivity contribution in [2.45, 2.75) is 24.7 Å². The highest BCUT2D eigenvalue weighted by Gasteiger charge is 2.41. The molecule has 1 aliphatic rings. The van der Waals surface area contributed by atoms with Crippen molar-refractivity contribution < 1.29 is 9.84 Å². The fourth-order valence-corrected chi connectivity index (χ4v) is 2.48. The van der Waals surface area contributed by atoms with Crippen LogP contribution in [0.3, 0.4) is 0 Å².